The van der Waals surface area contributed by atoms with E-state index in [2.05, 4.69) is 4.74 Å². The van der Waals surface area contributed by atoms with E-state index in [9.17, 15) is 13.2 Å². The molecular weight excluding hydrogens is 332 g/mol. The average molecular weight is 356 g/mol. The Balaban J connectivity index is 1.95. The molecule has 24 heavy (non-hydrogen) atoms. The normalized spacial score (nSPS) is 18.3. The topological polar surface area (TPSA) is 78.9 Å². The van der Waals surface area contributed by atoms with Gasteiger partial charge in [-0.25, -0.2) is 13.2 Å². The highest BCUT2D eigenvalue weighted by atomic mass is 32.2. The minimum Gasteiger partial charge on any atom is -0.465 e. The number of benzene rings is 1. The van der Waals surface area contributed by atoms with Crippen LogP contribution in [0.1, 0.15) is 41.6 Å². The molecule has 1 unspecified atom stereocenters. The van der Waals surface area contributed by atoms with Gasteiger partial charge in [0.05, 0.1) is 29.9 Å². The summed E-state index contributed by atoms with van der Waals surface area (Å²) in [4.78, 5) is 11.8. The third kappa shape index (κ3) is 5.03. The van der Waals surface area contributed by atoms with Crippen LogP contribution >= 0.6 is 0 Å². The van der Waals surface area contributed by atoms with Gasteiger partial charge in [-0.15, -0.1) is 0 Å². The summed E-state index contributed by atoms with van der Waals surface area (Å²) < 4.78 is 40.7. The van der Waals surface area contributed by atoms with E-state index in [1.807, 2.05) is 0 Å². The molecule has 1 aliphatic heterocycles. The van der Waals surface area contributed by atoms with E-state index in [-0.39, 0.29) is 22.5 Å². The molecule has 7 heteroatoms. The highest BCUT2D eigenvalue weighted by Crippen LogP contribution is 2.20. The van der Waals surface area contributed by atoms with E-state index in [0.29, 0.717) is 25.2 Å². The van der Waals surface area contributed by atoms with Crippen LogP contribution < -0.4 is 0 Å². The van der Waals surface area contributed by atoms with Crippen LogP contribution in [0.4, 0.5) is 0 Å². The van der Waals surface area contributed by atoms with Gasteiger partial charge in [0.15, 0.2) is 16.1 Å². The fraction of sp³-hybridized carbons (Fsp3) is 0.588. The number of rotatable bonds is 7. The van der Waals surface area contributed by atoms with Crippen LogP contribution in [0.3, 0.4) is 0 Å². The lowest BCUT2D eigenvalue weighted by Gasteiger charge is -2.22. The van der Waals surface area contributed by atoms with Gasteiger partial charge >= 0.3 is 5.97 Å². The summed E-state index contributed by atoms with van der Waals surface area (Å²) in [6.07, 6.45) is 3.13. The number of sulfone groups is 1. The summed E-state index contributed by atoms with van der Waals surface area (Å²) in [6, 6.07) is 4.55. The lowest BCUT2D eigenvalue weighted by Crippen LogP contribution is -2.23. The lowest BCUT2D eigenvalue weighted by atomic mass is 10.1. The van der Waals surface area contributed by atoms with Crippen LogP contribution in [-0.2, 0) is 24.0 Å². The maximum absolute atomic E-state index is 12.5. The van der Waals surface area contributed by atoms with Crippen molar-refractivity contribution in [3.05, 3.63) is 29.3 Å². The minimum absolute atomic E-state index is 0.0365. The zero-order chi connectivity index (χ0) is 17.6. The van der Waals surface area contributed by atoms with Crippen molar-refractivity contribution in [1.82, 2.24) is 0 Å². The Morgan fingerprint density at radius 2 is 2.12 bits per heavy atom. The van der Waals surface area contributed by atoms with Gasteiger partial charge < -0.3 is 14.2 Å². The molecule has 1 aliphatic rings. The van der Waals surface area contributed by atoms with Crippen molar-refractivity contribution < 1.29 is 27.4 Å². The Labute approximate surface area is 143 Å². The molecule has 1 fully saturated rings. The summed E-state index contributed by atoms with van der Waals surface area (Å²) in [7, 11) is -2.22. The van der Waals surface area contributed by atoms with Gasteiger partial charge in [0.25, 0.3) is 0 Å². The van der Waals surface area contributed by atoms with Gasteiger partial charge in [-0.05, 0) is 50.3 Å². The van der Waals surface area contributed by atoms with Gasteiger partial charge in [0.2, 0.25) is 0 Å². The Kier molecular flexibility index (Phi) is 6.77. The monoisotopic (exact) mass is 356 g/mol. The van der Waals surface area contributed by atoms with Crippen LogP contribution in [0.15, 0.2) is 23.1 Å². The first-order chi connectivity index (χ1) is 11.4. The van der Waals surface area contributed by atoms with E-state index in [1.165, 1.54) is 13.2 Å². The SMILES string of the molecule is COC(=O)c1ccc(C)c(S(=O)(=O)CCCOC2CCCCO2)c1. The van der Waals surface area contributed by atoms with Crippen molar-refractivity contribution >= 4 is 15.8 Å². The summed E-state index contributed by atoms with van der Waals surface area (Å²) >= 11 is 0. The Morgan fingerprint density at radius 1 is 1.33 bits per heavy atom. The fourth-order valence-electron chi connectivity index (χ4n) is 2.60. The zero-order valence-corrected chi connectivity index (χ0v) is 14.9. The number of hydrogen-bond donors (Lipinski definition) is 0. The van der Waals surface area contributed by atoms with Crippen LogP contribution in [0.25, 0.3) is 0 Å². The first kappa shape index (κ1) is 18.9. The molecule has 6 nitrogen and oxygen atoms in total. The smallest absolute Gasteiger partial charge is 0.337 e. The first-order valence-electron chi connectivity index (χ1n) is 8.09. The molecule has 1 aromatic carbocycles. The molecule has 2 rings (SSSR count). The standard InChI is InChI=1S/C17H24O6S/c1-13-7-8-14(17(18)21-2)12-15(13)24(19,20)11-5-10-23-16-6-3-4-9-22-16/h7-8,12,16H,3-6,9-11H2,1-2H3. The van der Waals surface area contributed by atoms with Gasteiger partial charge in [0.1, 0.15) is 0 Å². The van der Waals surface area contributed by atoms with Crippen molar-refractivity contribution in [2.24, 2.45) is 0 Å². The predicted molar refractivity (Wildman–Crippen MR) is 88.7 cm³/mol. The quantitative estimate of drug-likeness (QED) is 0.552. The molecule has 0 bridgehead atoms. The summed E-state index contributed by atoms with van der Waals surface area (Å²) in [5.41, 5.74) is 0.840. The number of hydrogen-bond acceptors (Lipinski definition) is 6. The molecule has 1 saturated heterocycles. The summed E-state index contributed by atoms with van der Waals surface area (Å²) in [5.74, 6) is -0.588. The molecule has 134 valence electrons. The molecule has 1 heterocycles. The molecule has 0 radical (unpaired) electrons. The fourth-order valence-corrected chi connectivity index (χ4v) is 4.18. The molecular formula is C17H24O6S. The number of carbonyl (C=O) groups is 1. The summed E-state index contributed by atoms with van der Waals surface area (Å²) in [6.45, 7) is 2.74. The summed E-state index contributed by atoms with van der Waals surface area (Å²) in [5, 5.41) is 0. The van der Waals surface area contributed by atoms with Gasteiger partial charge in [-0.2, -0.15) is 0 Å². The van der Waals surface area contributed by atoms with E-state index in [4.69, 9.17) is 9.47 Å². The molecule has 1 aromatic rings. The molecule has 0 spiro atoms. The highest BCUT2D eigenvalue weighted by molar-refractivity contribution is 7.91. The van der Waals surface area contributed by atoms with Crippen LogP contribution in [0.2, 0.25) is 0 Å². The van der Waals surface area contributed by atoms with Crippen LogP contribution in [0, 0.1) is 6.92 Å². The molecule has 0 N–H and O–H groups in total. The number of ether oxygens (including phenoxy) is 3. The van der Waals surface area contributed by atoms with E-state index in [0.717, 1.165) is 19.3 Å². The van der Waals surface area contributed by atoms with E-state index >= 15 is 0 Å². The molecule has 0 saturated carbocycles. The maximum Gasteiger partial charge on any atom is 0.337 e. The second-order valence-corrected chi connectivity index (χ2v) is 7.89. The number of methoxy groups -OCH3 is 1. The van der Waals surface area contributed by atoms with E-state index < -0.39 is 15.8 Å². The van der Waals surface area contributed by atoms with Crippen molar-refractivity contribution in [1.29, 1.82) is 0 Å². The lowest BCUT2D eigenvalue weighted by molar-refractivity contribution is -0.162. The number of aryl methyl sites for hydroxylation is 1. The third-order valence-electron chi connectivity index (χ3n) is 3.94. The predicted octanol–water partition coefficient (Wildman–Crippen LogP) is 2.49. The maximum atomic E-state index is 12.5. The van der Waals surface area contributed by atoms with Crippen molar-refractivity contribution in [2.75, 3.05) is 26.1 Å². The highest BCUT2D eigenvalue weighted by Gasteiger charge is 2.20. The molecule has 0 aliphatic carbocycles. The number of carbonyl (C=O) groups excluding carboxylic acids is 1. The largest absolute Gasteiger partial charge is 0.465 e. The second-order valence-electron chi connectivity index (χ2n) is 5.81. The number of esters is 1. The molecule has 0 amide bonds. The van der Waals surface area contributed by atoms with Gasteiger partial charge in [0, 0.05) is 6.61 Å². The van der Waals surface area contributed by atoms with E-state index in [1.54, 1.807) is 19.1 Å². The Bertz CT molecular complexity index is 662. The molecule has 0 aromatic heterocycles. The first-order valence-corrected chi connectivity index (χ1v) is 9.74. The zero-order valence-electron chi connectivity index (χ0n) is 14.1. The average Bonchev–Trinajstić information content (AvgIpc) is 2.59. The van der Waals surface area contributed by atoms with Crippen molar-refractivity contribution in [3.63, 3.8) is 0 Å². The van der Waals surface area contributed by atoms with Crippen molar-refractivity contribution in [2.45, 2.75) is 43.8 Å². The minimum atomic E-state index is -3.49. The Morgan fingerprint density at radius 3 is 2.79 bits per heavy atom. The third-order valence-corrected chi connectivity index (χ3v) is 5.88. The Hall–Kier alpha value is -1.44. The van der Waals surface area contributed by atoms with Crippen LogP contribution in [0.5, 0.6) is 0 Å². The van der Waals surface area contributed by atoms with Gasteiger partial charge in [-0.3, -0.25) is 0 Å². The van der Waals surface area contributed by atoms with Crippen LogP contribution in [-0.4, -0.2) is 46.8 Å². The molecule has 1 atom stereocenters. The van der Waals surface area contributed by atoms with Gasteiger partial charge in [-0.1, -0.05) is 6.07 Å². The second kappa shape index (κ2) is 8.60. The van der Waals surface area contributed by atoms with Crippen molar-refractivity contribution in [3.8, 4) is 0 Å².